The van der Waals surface area contributed by atoms with E-state index in [2.05, 4.69) is 6.07 Å². The van der Waals surface area contributed by atoms with Crippen molar-refractivity contribution in [2.75, 3.05) is 11.4 Å². The van der Waals surface area contributed by atoms with E-state index in [0.717, 1.165) is 30.0 Å². The summed E-state index contributed by atoms with van der Waals surface area (Å²) in [5.41, 5.74) is 3.23. The lowest BCUT2D eigenvalue weighted by Crippen LogP contribution is -2.26. The molecule has 2 heterocycles. The van der Waals surface area contributed by atoms with Crippen molar-refractivity contribution in [1.29, 1.82) is 0 Å². The highest BCUT2D eigenvalue weighted by atomic mass is 16.3. The van der Waals surface area contributed by atoms with Crippen molar-refractivity contribution < 1.29 is 9.21 Å². The molecule has 0 saturated carbocycles. The third-order valence-electron chi connectivity index (χ3n) is 3.16. The SMILES string of the molecule is CC(=O)N1CCc2cccc(-c3ccco3)c21. The Morgan fingerprint density at radius 3 is 2.88 bits per heavy atom. The number of hydrogen-bond donors (Lipinski definition) is 0. The van der Waals surface area contributed by atoms with Crippen LogP contribution in [0.3, 0.4) is 0 Å². The Balaban J connectivity index is 2.19. The third-order valence-corrected chi connectivity index (χ3v) is 3.16. The van der Waals surface area contributed by atoms with Crippen LogP contribution in [0.5, 0.6) is 0 Å². The van der Waals surface area contributed by atoms with Crippen LogP contribution in [0.25, 0.3) is 11.3 Å². The molecule has 0 bridgehead atoms. The van der Waals surface area contributed by atoms with Gasteiger partial charge in [-0.15, -0.1) is 0 Å². The molecular formula is C14H13NO2. The fourth-order valence-electron chi connectivity index (χ4n) is 2.40. The molecule has 86 valence electrons. The van der Waals surface area contributed by atoms with Crippen molar-refractivity contribution in [3.63, 3.8) is 0 Å². The highest BCUT2D eigenvalue weighted by molar-refractivity contribution is 5.98. The van der Waals surface area contributed by atoms with Crippen LogP contribution in [0.2, 0.25) is 0 Å². The van der Waals surface area contributed by atoms with Gasteiger partial charge in [-0.25, -0.2) is 0 Å². The number of fused-ring (bicyclic) bond motifs is 1. The van der Waals surface area contributed by atoms with E-state index in [-0.39, 0.29) is 5.91 Å². The molecule has 2 aromatic rings. The smallest absolute Gasteiger partial charge is 0.223 e. The molecule has 17 heavy (non-hydrogen) atoms. The molecule has 1 amide bonds. The van der Waals surface area contributed by atoms with Gasteiger partial charge in [0.05, 0.1) is 12.0 Å². The van der Waals surface area contributed by atoms with Crippen LogP contribution >= 0.6 is 0 Å². The maximum atomic E-state index is 11.6. The van der Waals surface area contributed by atoms with Crippen molar-refractivity contribution in [3.8, 4) is 11.3 Å². The van der Waals surface area contributed by atoms with E-state index in [1.165, 1.54) is 5.56 Å². The van der Waals surface area contributed by atoms with Crippen LogP contribution in [0, 0.1) is 0 Å². The predicted molar refractivity (Wildman–Crippen MR) is 65.9 cm³/mol. The number of anilines is 1. The zero-order valence-corrected chi connectivity index (χ0v) is 9.64. The summed E-state index contributed by atoms with van der Waals surface area (Å²) in [4.78, 5) is 13.5. The number of nitrogens with zero attached hydrogens (tertiary/aromatic N) is 1. The summed E-state index contributed by atoms with van der Waals surface area (Å²) in [6.07, 6.45) is 2.57. The van der Waals surface area contributed by atoms with Crippen molar-refractivity contribution in [1.82, 2.24) is 0 Å². The molecule has 0 unspecified atom stereocenters. The molecule has 1 aliphatic heterocycles. The highest BCUT2D eigenvalue weighted by Crippen LogP contribution is 2.38. The molecule has 0 atom stereocenters. The molecular weight excluding hydrogens is 214 g/mol. The number of amides is 1. The normalized spacial score (nSPS) is 13.8. The fourth-order valence-corrected chi connectivity index (χ4v) is 2.40. The van der Waals surface area contributed by atoms with Gasteiger partial charge in [0.1, 0.15) is 5.76 Å². The quantitative estimate of drug-likeness (QED) is 0.750. The van der Waals surface area contributed by atoms with Gasteiger partial charge < -0.3 is 9.32 Å². The summed E-state index contributed by atoms with van der Waals surface area (Å²) < 4.78 is 5.43. The van der Waals surface area contributed by atoms with Crippen molar-refractivity contribution in [2.24, 2.45) is 0 Å². The van der Waals surface area contributed by atoms with Crippen LogP contribution in [0.1, 0.15) is 12.5 Å². The Bertz CT molecular complexity index is 558. The number of para-hydroxylation sites is 1. The van der Waals surface area contributed by atoms with Gasteiger partial charge in [0.25, 0.3) is 0 Å². The fraction of sp³-hybridized carbons (Fsp3) is 0.214. The maximum absolute atomic E-state index is 11.6. The lowest BCUT2D eigenvalue weighted by atomic mass is 10.1. The third kappa shape index (κ3) is 1.55. The second-order valence-electron chi connectivity index (χ2n) is 4.21. The topological polar surface area (TPSA) is 33.5 Å². The summed E-state index contributed by atoms with van der Waals surface area (Å²) >= 11 is 0. The minimum absolute atomic E-state index is 0.0859. The molecule has 0 saturated heterocycles. The first-order valence-electron chi connectivity index (χ1n) is 5.71. The van der Waals surface area contributed by atoms with Gasteiger partial charge in [0.15, 0.2) is 0 Å². The van der Waals surface area contributed by atoms with E-state index in [4.69, 9.17) is 4.42 Å². The second kappa shape index (κ2) is 3.77. The molecule has 3 heteroatoms. The van der Waals surface area contributed by atoms with Crippen molar-refractivity contribution in [3.05, 3.63) is 42.2 Å². The summed E-state index contributed by atoms with van der Waals surface area (Å²) in [5, 5.41) is 0. The molecule has 3 rings (SSSR count). The molecule has 0 spiro atoms. The van der Waals surface area contributed by atoms with Crippen molar-refractivity contribution in [2.45, 2.75) is 13.3 Å². The van der Waals surface area contributed by atoms with Gasteiger partial charge in [-0.3, -0.25) is 4.79 Å². The van der Waals surface area contributed by atoms with Crippen LogP contribution in [0.4, 0.5) is 5.69 Å². The van der Waals surface area contributed by atoms with E-state index in [0.29, 0.717) is 0 Å². The Morgan fingerprint density at radius 1 is 1.29 bits per heavy atom. The number of hydrogen-bond acceptors (Lipinski definition) is 2. The molecule has 0 N–H and O–H groups in total. The minimum atomic E-state index is 0.0859. The average molecular weight is 227 g/mol. The Hall–Kier alpha value is -2.03. The first-order valence-corrected chi connectivity index (χ1v) is 5.71. The van der Waals surface area contributed by atoms with E-state index in [1.807, 2.05) is 29.2 Å². The summed E-state index contributed by atoms with van der Waals surface area (Å²) in [5.74, 6) is 0.901. The Labute approximate surface area is 99.7 Å². The van der Waals surface area contributed by atoms with E-state index < -0.39 is 0 Å². The first kappa shape index (κ1) is 10.1. The number of carbonyl (C=O) groups is 1. The van der Waals surface area contributed by atoms with Gasteiger partial charge >= 0.3 is 0 Å². The molecule has 0 aliphatic carbocycles. The molecule has 1 aromatic carbocycles. The zero-order chi connectivity index (χ0) is 11.8. The summed E-state index contributed by atoms with van der Waals surface area (Å²) in [7, 11) is 0. The average Bonchev–Trinajstić information content (AvgIpc) is 2.97. The van der Waals surface area contributed by atoms with E-state index in [1.54, 1.807) is 13.2 Å². The number of rotatable bonds is 1. The maximum Gasteiger partial charge on any atom is 0.223 e. The molecule has 1 aromatic heterocycles. The molecule has 1 aliphatic rings. The van der Waals surface area contributed by atoms with Gasteiger partial charge in [-0.05, 0) is 30.2 Å². The minimum Gasteiger partial charge on any atom is -0.464 e. The van der Waals surface area contributed by atoms with Gasteiger partial charge in [-0.1, -0.05) is 12.1 Å². The molecule has 0 radical (unpaired) electrons. The first-order chi connectivity index (χ1) is 8.27. The largest absolute Gasteiger partial charge is 0.464 e. The number of benzene rings is 1. The number of carbonyl (C=O) groups excluding carboxylic acids is 1. The standard InChI is InChI=1S/C14H13NO2/c1-10(16)15-8-7-11-4-2-5-12(14(11)15)13-6-3-9-17-13/h2-6,9H,7-8H2,1H3. The van der Waals surface area contributed by atoms with Crippen LogP contribution in [-0.4, -0.2) is 12.5 Å². The Morgan fingerprint density at radius 2 is 2.18 bits per heavy atom. The van der Waals surface area contributed by atoms with Gasteiger partial charge in [0, 0.05) is 19.0 Å². The monoisotopic (exact) mass is 227 g/mol. The van der Waals surface area contributed by atoms with Gasteiger partial charge in [0.2, 0.25) is 5.91 Å². The molecule has 3 nitrogen and oxygen atoms in total. The van der Waals surface area contributed by atoms with Crippen LogP contribution in [-0.2, 0) is 11.2 Å². The van der Waals surface area contributed by atoms with E-state index in [9.17, 15) is 4.79 Å². The zero-order valence-electron chi connectivity index (χ0n) is 9.64. The summed E-state index contributed by atoms with van der Waals surface area (Å²) in [6, 6.07) is 9.87. The molecule has 0 fully saturated rings. The number of furan rings is 1. The van der Waals surface area contributed by atoms with Crippen LogP contribution < -0.4 is 4.90 Å². The summed E-state index contributed by atoms with van der Waals surface area (Å²) in [6.45, 7) is 2.37. The predicted octanol–water partition coefficient (Wildman–Crippen LogP) is 2.86. The lowest BCUT2D eigenvalue weighted by molar-refractivity contribution is -0.116. The van der Waals surface area contributed by atoms with Crippen molar-refractivity contribution >= 4 is 11.6 Å². The van der Waals surface area contributed by atoms with E-state index >= 15 is 0 Å². The Kier molecular flexibility index (Phi) is 2.25. The van der Waals surface area contributed by atoms with Gasteiger partial charge in [-0.2, -0.15) is 0 Å². The lowest BCUT2D eigenvalue weighted by Gasteiger charge is -2.17. The van der Waals surface area contributed by atoms with Crippen LogP contribution in [0.15, 0.2) is 41.0 Å². The highest BCUT2D eigenvalue weighted by Gasteiger charge is 2.26. The second-order valence-corrected chi connectivity index (χ2v) is 4.21.